The SMILES string of the molecule is CCC1C2CNCC2CN1Cc1csc(C(C)(C)C)n1. The smallest absolute Gasteiger partial charge is 0.0982 e. The summed E-state index contributed by atoms with van der Waals surface area (Å²) in [4.78, 5) is 7.55. The lowest BCUT2D eigenvalue weighted by atomic mass is 9.93. The topological polar surface area (TPSA) is 28.2 Å². The molecule has 0 amide bonds. The molecule has 112 valence electrons. The van der Waals surface area contributed by atoms with Gasteiger partial charge in [-0.1, -0.05) is 27.7 Å². The van der Waals surface area contributed by atoms with Crippen LogP contribution in [0.3, 0.4) is 0 Å². The van der Waals surface area contributed by atoms with E-state index in [1.54, 1.807) is 0 Å². The van der Waals surface area contributed by atoms with Gasteiger partial charge in [-0.3, -0.25) is 4.90 Å². The van der Waals surface area contributed by atoms with E-state index in [1.807, 2.05) is 11.3 Å². The second kappa shape index (κ2) is 5.39. The van der Waals surface area contributed by atoms with E-state index in [2.05, 4.69) is 43.3 Å². The van der Waals surface area contributed by atoms with Gasteiger partial charge in [-0.2, -0.15) is 0 Å². The Balaban J connectivity index is 1.70. The van der Waals surface area contributed by atoms with Gasteiger partial charge in [0.15, 0.2) is 0 Å². The normalized spacial score (nSPS) is 30.9. The van der Waals surface area contributed by atoms with E-state index in [0.717, 1.165) is 24.4 Å². The summed E-state index contributed by atoms with van der Waals surface area (Å²) in [6.07, 6.45) is 1.26. The first-order valence-corrected chi connectivity index (χ1v) is 8.76. The Hall–Kier alpha value is -0.450. The van der Waals surface area contributed by atoms with Crippen LogP contribution in [0.4, 0.5) is 0 Å². The van der Waals surface area contributed by atoms with Crippen LogP contribution in [0, 0.1) is 11.8 Å². The minimum atomic E-state index is 0.179. The molecule has 3 unspecified atom stereocenters. The first-order chi connectivity index (χ1) is 9.49. The fraction of sp³-hybridized carbons (Fsp3) is 0.812. The van der Waals surface area contributed by atoms with Crippen LogP contribution in [0.25, 0.3) is 0 Å². The van der Waals surface area contributed by atoms with E-state index < -0.39 is 0 Å². The molecule has 4 heteroatoms. The van der Waals surface area contributed by atoms with Crippen molar-refractivity contribution in [1.82, 2.24) is 15.2 Å². The van der Waals surface area contributed by atoms with Gasteiger partial charge in [0.25, 0.3) is 0 Å². The largest absolute Gasteiger partial charge is 0.316 e. The van der Waals surface area contributed by atoms with Crippen molar-refractivity contribution in [2.24, 2.45) is 11.8 Å². The summed E-state index contributed by atoms with van der Waals surface area (Å²) in [5.41, 5.74) is 1.45. The second-order valence-electron chi connectivity index (χ2n) is 7.38. The average Bonchev–Trinajstić information content (AvgIpc) is 3.02. The maximum Gasteiger partial charge on any atom is 0.0982 e. The van der Waals surface area contributed by atoms with Gasteiger partial charge in [0.05, 0.1) is 10.7 Å². The van der Waals surface area contributed by atoms with Crippen molar-refractivity contribution in [2.75, 3.05) is 19.6 Å². The Labute approximate surface area is 126 Å². The van der Waals surface area contributed by atoms with Crippen LogP contribution < -0.4 is 5.32 Å². The molecular weight excluding hydrogens is 266 g/mol. The molecule has 1 aromatic heterocycles. The van der Waals surface area contributed by atoms with Crippen molar-refractivity contribution in [2.45, 2.75) is 52.1 Å². The molecule has 2 fully saturated rings. The Bertz CT molecular complexity index is 463. The zero-order valence-electron chi connectivity index (χ0n) is 13.1. The molecule has 3 rings (SSSR count). The number of likely N-dealkylation sites (tertiary alicyclic amines) is 1. The molecule has 2 saturated heterocycles. The van der Waals surface area contributed by atoms with Crippen LogP contribution in [0.5, 0.6) is 0 Å². The monoisotopic (exact) mass is 293 g/mol. The number of hydrogen-bond acceptors (Lipinski definition) is 4. The second-order valence-corrected chi connectivity index (χ2v) is 8.24. The lowest BCUT2D eigenvalue weighted by molar-refractivity contribution is 0.208. The predicted octanol–water partition coefficient (Wildman–Crippen LogP) is 2.87. The van der Waals surface area contributed by atoms with Gasteiger partial charge < -0.3 is 5.32 Å². The average molecular weight is 293 g/mol. The first kappa shape index (κ1) is 14.5. The standard InChI is InChI=1S/C16H27N3S/c1-5-14-13-7-17-6-11(13)8-19(14)9-12-10-20-15(18-12)16(2,3)4/h10-11,13-14,17H,5-9H2,1-4H3. The highest BCUT2D eigenvalue weighted by Gasteiger charge is 2.43. The van der Waals surface area contributed by atoms with Crippen LogP contribution in [-0.4, -0.2) is 35.6 Å². The highest BCUT2D eigenvalue weighted by molar-refractivity contribution is 7.09. The maximum absolute atomic E-state index is 4.87. The minimum Gasteiger partial charge on any atom is -0.316 e. The van der Waals surface area contributed by atoms with Gasteiger partial charge in [0, 0.05) is 29.9 Å². The van der Waals surface area contributed by atoms with Crippen LogP contribution in [0.2, 0.25) is 0 Å². The Morgan fingerprint density at radius 1 is 1.40 bits per heavy atom. The fourth-order valence-corrected chi connectivity index (χ4v) is 4.68. The van der Waals surface area contributed by atoms with Crippen LogP contribution in [0.15, 0.2) is 5.38 Å². The van der Waals surface area contributed by atoms with Gasteiger partial charge in [-0.15, -0.1) is 11.3 Å². The van der Waals surface area contributed by atoms with Gasteiger partial charge in [-0.05, 0) is 31.3 Å². The van der Waals surface area contributed by atoms with Gasteiger partial charge in [0.2, 0.25) is 0 Å². The summed E-state index contributed by atoms with van der Waals surface area (Å²) in [5, 5.41) is 7.09. The summed E-state index contributed by atoms with van der Waals surface area (Å²) in [5.74, 6) is 1.72. The zero-order chi connectivity index (χ0) is 14.3. The third kappa shape index (κ3) is 2.66. The lowest BCUT2D eigenvalue weighted by Crippen LogP contribution is -2.34. The third-order valence-corrected chi connectivity index (χ3v) is 6.12. The molecule has 2 aliphatic heterocycles. The summed E-state index contributed by atoms with van der Waals surface area (Å²) < 4.78 is 0. The lowest BCUT2D eigenvalue weighted by Gasteiger charge is -2.26. The quantitative estimate of drug-likeness (QED) is 0.929. The van der Waals surface area contributed by atoms with Crippen molar-refractivity contribution in [3.63, 3.8) is 0 Å². The predicted molar refractivity (Wildman–Crippen MR) is 85.2 cm³/mol. The Morgan fingerprint density at radius 2 is 2.20 bits per heavy atom. The molecule has 3 heterocycles. The van der Waals surface area contributed by atoms with Crippen molar-refractivity contribution in [3.05, 3.63) is 16.1 Å². The molecular formula is C16H27N3S. The molecule has 3 nitrogen and oxygen atoms in total. The number of thiazole rings is 1. The van der Waals surface area contributed by atoms with Crippen molar-refractivity contribution in [1.29, 1.82) is 0 Å². The third-order valence-electron chi connectivity index (χ3n) is 4.80. The summed E-state index contributed by atoms with van der Waals surface area (Å²) in [6.45, 7) is 13.8. The number of rotatable bonds is 3. The van der Waals surface area contributed by atoms with Crippen LogP contribution in [-0.2, 0) is 12.0 Å². The van der Waals surface area contributed by atoms with E-state index in [9.17, 15) is 0 Å². The molecule has 0 aliphatic carbocycles. The highest BCUT2D eigenvalue weighted by Crippen LogP contribution is 2.35. The number of nitrogens with one attached hydrogen (secondary N) is 1. The van der Waals surface area contributed by atoms with Crippen molar-refractivity contribution in [3.8, 4) is 0 Å². The maximum atomic E-state index is 4.87. The summed E-state index contributed by atoms with van der Waals surface area (Å²) in [6, 6.07) is 0.745. The highest BCUT2D eigenvalue weighted by atomic mass is 32.1. The molecule has 0 bridgehead atoms. The molecule has 2 aliphatic rings. The molecule has 1 aromatic rings. The van der Waals surface area contributed by atoms with Gasteiger partial charge >= 0.3 is 0 Å². The number of nitrogens with zero attached hydrogens (tertiary/aromatic N) is 2. The summed E-state index contributed by atoms with van der Waals surface area (Å²) >= 11 is 1.82. The van der Waals surface area contributed by atoms with Crippen LogP contribution in [0.1, 0.15) is 44.8 Å². The Kier molecular flexibility index (Phi) is 3.91. The van der Waals surface area contributed by atoms with E-state index >= 15 is 0 Å². The minimum absolute atomic E-state index is 0.179. The van der Waals surface area contributed by atoms with Crippen molar-refractivity contribution < 1.29 is 0 Å². The molecule has 0 spiro atoms. The molecule has 1 N–H and O–H groups in total. The number of fused-ring (bicyclic) bond motifs is 1. The van der Waals surface area contributed by atoms with Crippen molar-refractivity contribution >= 4 is 11.3 Å². The Morgan fingerprint density at radius 3 is 2.85 bits per heavy atom. The zero-order valence-corrected chi connectivity index (χ0v) is 14.0. The molecule has 0 radical (unpaired) electrons. The first-order valence-electron chi connectivity index (χ1n) is 7.88. The van der Waals surface area contributed by atoms with E-state index in [-0.39, 0.29) is 5.41 Å². The molecule has 20 heavy (non-hydrogen) atoms. The number of hydrogen-bond donors (Lipinski definition) is 1. The van der Waals surface area contributed by atoms with E-state index in [0.29, 0.717) is 0 Å². The fourth-order valence-electron chi connectivity index (χ4n) is 3.79. The van der Waals surface area contributed by atoms with Gasteiger partial charge in [-0.25, -0.2) is 4.98 Å². The van der Waals surface area contributed by atoms with E-state index in [1.165, 1.54) is 36.8 Å². The van der Waals surface area contributed by atoms with E-state index in [4.69, 9.17) is 4.98 Å². The molecule has 0 saturated carbocycles. The van der Waals surface area contributed by atoms with Crippen LogP contribution >= 0.6 is 11.3 Å². The van der Waals surface area contributed by atoms with Gasteiger partial charge in [0.1, 0.15) is 0 Å². The summed E-state index contributed by atoms with van der Waals surface area (Å²) in [7, 11) is 0. The molecule has 0 aromatic carbocycles. The molecule has 3 atom stereocenters. The number of aromatic nitrogens is 1.